The first-order valence-electron chi connectivity index (χ1n) is 4.82. The lowest BCUT2D eigenvalue weighted by molar-refractivity contribution is 0.0821. The van der Waals surface area contributed by atoms with Crippen LogP contribution < -0.4 is 5.32 Å². The van der Waals surface area contributed by atoms with Crippen molar-refractivity contribution < 1.29 is 4.79 Å². The second-order valence-corrected chi connectivity index (χ2v) is 3.54. The van der Waals surface area contributed by atoms with Gasteiger partial charge in [-0.15, -0.1) is 16.6 Å². The van der Waals surface area contributed by atoms with Crippen molar-refractivity contribution in [3.05, 3.63) is 17.8 Å². The summed E-state index contributed by atoms with van der Waals surface area (Å²) in [5.41, 5.74) is 0.309. The molecule has 5 nitrogen and oxygen atoms in total. The number of aromatic nitrogens is 2. The molecule has 84 valence electrons. The van der Waals surface area contributed by atoms with E-state index in [1.807, 2.05) is 6.92 Å². The number of hydrogen-bond acceptors (Lipinski definition) is 4. The highest BCUT2D eigenvalue weighted by atomic mass is 16.2. The minimum Gasteiger partial charge on any atom is -0.355 e. The number of nitrogens with one attached hydrogen (secondary N) is 1. The molecule has 0 aliphatic rings. The maximum atomic E-state index is 11.5. The number of anilines is 1. The summed E-state index contributed by atoms with van der Waals surface area (Å²) >= 11 is 0. The fraction of sp³-hybridized carbons (Fsp3) is 0.364. The molecule has 1 atom stereocenters. The monoisotopic (exact) mass is 218 g/mol. The second-order valence-electron chi connectivity index (χ2n) is 3.54. The van der Waals surface area contributed by atoms with E-state index in [9.17, 15) is 4.79 Å². The third kappa shape index (κ3) is 2.95. The zero-order chi connectivity index (χ0) is 12.1. The summed E-state index contributed by atoms with van der Waals surface area (Å²) in [5, 5.41) is 10.6. The van der Waals surface area contributed by atoms with Crippen molar-refractivity contribution in [1.82, 2.24) is 15.1 Å². The van der Waals surface area contributed by atoms with Gasteiger partial charge in [-0.05, 0) is 19.1 Å². The van der Waals surface area contributed by atoms with Crippen LogP contribution >= 0.6 is 0 Å². The Kier molecular flexibility index (Phi) is 3.84. The summed E-state index contributed by atoms with van der Waals surface area (Å²) in [6, 6.07) is 3.17. The largest absolute Gasteiger partial charge is 0.355 e. The number of carbonyl (C=O) groups is 1. The fourth-order valence-corrected chi connectivity index (χ4v) is 1.02. The van der Waals surface area contributed by atoms with E-state index in [2.05, 4.69) is 21.4 Å². The number of carbonyl (C=O) groups excluding carboxylic acids is 1. The standard InChI is InChI=1S/C11H14N4O/c1-5-8(2)12-10-7-6-9(13-14-10)11(16)15(3)4/h1,6-8H,2-4H3,(H,12,14). The van der Waals surface area contributed by atoms with Gasteiger partial charge in [0.05, 0.1) is 6.04 Å². The van der Waals surface area contributed by atoms with Gasteiger partial charge in [0.15, 0.2) is 5.69 Å². The van der Waals surface area contributed by atoms with Crippen molar-refractivity contribution in [1.29, 1.82) is 0 Å². The first kappa shape index (κ1) is 12.0. The Bertz CT molecular complexity index is 405. The molecule has 1 rings (SSSR count). The van der Waals surface area contributed by atoms with Crippen molar-refractivity contribution in [2.45, 2.75) is 13.0 Å². The summed E-state index contributed by atoms with van der Waals surface area (Å²) in [6.45, 7) is 1.83. The zero-order valence-corrected chi connectivity index (χ0v) is 9.56. The first-order valence-corrected chi connectivity index (χ1v) is 4.82. The Balaban J connectivity index is 2.76. The molecule has 0 saturated carbocycles. The van der Waals surface area contributed by atoms with Crippen LogP contribution in [0.3, 0.4) is 0 Å². The van der Waals surface area contributed by atoms with Crippen LogP contribution in [0, 0.1) is 12.3 Å². The highest BCUT2D eigenvalue weighted by Crippen LogP contribution is 2.04. The van der Waals surface area contributed by atoms with Crippen molar-refractivity contribution in [3.8, 4) is 12.3 Å². The summed E-state index contributed by atoms with van der Waals surface area (Å²) in [7, 11) is 3.33. The van der Waals surface area contributed by atoms with Gasteiger partial charge in [-0.3, -0.25) is 4.79 Å². The lowest BCUT2D eigenvalue weighted by Gasteiger charge is -2.10. The van der Waals surface area contributed by atoms with E-state index < -0.39 is 0 Å². The number of amides is 1. The molecule has 0 fully saturated rings. The maximum Gasteiger partial charge on any atom is 0.273 e. The molecule has 0 aliphatic heterocycles. The average Bonchev–Trinajstić information content (AvgIpc) is 2.28. The topological polar surface area (TPSA) is 58.1 Å². The maximum absolute atomic E-state index is 11.5. The number of nitrogens with zero attached hydrogens (tertiary/aromatic N) is 3. The molecule has 0 bridgehead atoms. The molecule has 5 heteroatoms. The van der Waals surface area contributed by atoms with Gasteiger partial charge in [0, 0.05) is 14.1 Å². The van der Waals surface area contributed by atoms with E-state index in [-0.39, 0.29) is 11.9 Å². The van der Waals surface area contributed by atoms with Gasteiger partial charge in [-0.2, -0.15) is 0 Å². The molecule has 1 N–H and O–H groups in total. The van der Waals surface area contributed by atoms with Crippen LogP contribution in [-0.2, 0) is 0 Å². The Labute approximate surface area is 94.9 Å². The summed E-state index contributed by atoms with van der Waals surface area (Å²) in [6.07, 6.45) is 5.22. The van der Waals surface area contributed by atoms with Crippen molar-refractivity contribution in [3.63, 3.8) is 0 Å². The Morgan fingerprint density at radius 2 is 2.19 bits per heavy atom. The third-order valence-electron chi connectivity index (χ3n) is 1.90. The molecule has 1 heterocycles. The molecule has 0 aromatic carbocycles. The van der Waals surface area contributed by atoms with Crippen LogP contribution in [-0.4, -0.2) is 41.1 Å². The predicted molar refractivity (Wildman–Crippen MR) is 62.0 cm³/mol. The van der Waals surface area contributed by atoms with Gasteiger partial charge in [-0.25, -0.2) is 0 Å². The molecular formula is C11H14N4O. The van der Waals surface area contributed by atoms with E-state index in [0.29, 0.717) is 11.5 Å². The lowest BCUT2D eigenvalue weighted by Crippen LogP contribution is -2.23. The van der Waals surface area contributed by atoms with Crippen LogP contribution in [0.25, 0.3) is 0 Å². The molecule has 1 unspecified atom stereocenters. The van der Waals surface area contributed by atoms with E-state index in [4.69, 9.17) is 6.42 Å². The Morgan fingerprint density at radius 3 is 2.62 bits per heavy atom. The molecule has 1 amide bonds. The molecule has 1 aromatic rings. The molecule has 0 radical (unpaired) electrons. The number of terminal acetylenes is 1. The van der Waals surface area contributed by atoms with Crippen molar-refractivity contribution >= 4 is 11.7 Å². The summed E-state index contributed by atoms with van der Waals surface area (Å²) < 4.78 is 0. The van der Waals surface area contributed by atoms with Crippen LogP contribution in [0.5, 0.6) is 0 Å². The van der Waals surface area contributed by atoms with Gasteiger partial charge < -0.3 is 10.2 Å². The summed E-state index contributed by atoms with van der Waals surface area (Å²) in [4.78, 5) is 13.0. The van der Waals surface area contributed by atoms with Crippen molar-refractivity contribution in [2.24, 2.45) is 0 Å². The normalized spacial score (nSPS) is 11.4. The smallest absolute Gasteiger partial charge is 0.273 e. The third-order valence-corrected chi connectivity index (χ3v) is 1.90. The van der Waals surface area contributed by atoms with Gasteiger partial charge in [-0.1, -0.05) is 5.92 Å². The molecule has 0 spiro atoms. The average molecular weight is 218 g/mol. The molecule has 0 saturated heterocycles. The summed E-state index contributed by atoms with van der Waals surface area (Å²) in [5.74, 6) is 2.89. The van der Waals surface area contributed by atoms with Gasteiger partial charge in [0.2, 0.25) is 0 Å². The van der Waals surface area contributed by atoms with Crippen LogP contribution in [0.2, 0.25) is 0 Å². The van der Waals surface area contributed by atoms with Gasteiger partial charge in [0.25, 0.3) is 5.91 Å². The minimum absolute atomic E-state index is 0.121. The van der Waals surface area contributed by atoms with Crippen LogP contribution in [0.15, 0.2) is 12.1 Å². The van der Waals surface area contributed by atoms with Crippen LogP contribution in [0.4, 0.5) is 5.82 Å². The van der Waals surface area contributed by atoms with E-state index in [1.54, 1.807) is 26.2 Å². The molecule has 0 aliphatic carbocycles. The van der Waals surface area contributed by atoms with Gasteiger partial charge >= 0.3 is 0 Å². The highest BCUT2D eigenvalue weighted by Gasteiger charge is 2.10. The molecule has 16 heavy (non-hydrogen) atoms. The van der Waals surface area contributed by atoms with Crippen LogP contribution in [0.1, 0.15) is 17.4 Å². The van der Waals surface area contributed by atoms with E-state index >= 15 is 0 Å². The second kappa shape index (κ2) is 5.12. The highest BCUT2D eigenvalue weighted by molar-refractivity contribution is 5.91. The van der Waals surface area contributed by atoms with Gasteiger partial charge in [0.1, 0.15) is 5.82 Å². The van der Waals surface area contributed by atoms with Crippen molar-refractivity contribution in [2.75, 3.05) is 19.4 Å². The quantitative estimate of drug-likeness (QED) is 0.755. The fourth-order valence-electron chi connectivity index (χ4n) is 1.02. The lowest BCUT2D eigenvalue weighted by atomic mass is 10.3. The van der Waals surface area contributed by atoms with E-state index in [0.717, 1.165) is 0 Å². The Morgan fingerprint density at radius 1 is 1.50 bits per heavy atom. The zero-order valence-electron chi connectivity index (χ0n) is 9.56. The van der Waals surface area contributed by atoms with E-state index in [1.165, 1.54) is 4.90 Å². The SMILES string of the molecule is C#CC(C)Nc1ccc(C(=O)N(C)C)nn1. The minimum atomic E-state index is -0.177. The number of hydrogen-bond donors (Lipinski definition) is 1. The first-order chi connectivity index (χ1) is 7.54. The number of rotatable bonds is 3. The Hall–Kier alpha value is -2.09. The molecular weight excluding hydrogens is 204 g/mol. The molecule has 1 aromatic heterocycles. The predicted octanol–water partition coefficient (Wildman–Crippen LogP) is 0.612.